The highest BCUT2D eigenvalue weighted by molar-refractivity contribution is 7.80. The van der Waals surface area contributed by atoms with Crippen molar-refractivity contribution >= 4 is 23.2 Å². The summed E-state index contributed by atoms with van der Waals surface area (Å²) in [4.78, 5) is 12.6. The Morgan fingerprint density at radius 2 is 1.81 bits per heavy atom. The second-order valence-corrected chi connectivity index (χ2v) is 3.33. The fraction of sp³-hybridized carbons (Fsp3) is 0.200. The van der Waals surface area contributed by atoms with Crippen LogP contribution in [0.25, 0.3) is 0 Å². The van der Waals surface area contributed by atoms with Crippen molar-refractivity contribution in [1.29, 1.82) is 0 Å². The highest BCUT2D eigenvalue weighted by atomic mass is 32.1. The molecule has 0 saturated heterocycles. The van der Waals surface area contributed by atoms with Crippen LogP contribution >= 0.6 is 12.2 Å². The average Bonchev–Trinajstić information content (AvgIpc) is 2.31. The number of aliphatic hydroxyl groups is 2. The molecule has 0 fully saturated rings. The van der Waals surface area contributed by atoms with Crippen LogP contribution in [0.1, 0.15) is 10.4 Å². The molecule has 0 aromatic heterocycles. The van der Waals surface area contributed by atoms with Crippen molar-refractivity contribution in [2.45, 2.75) is 0 Å². The molecule has 1 rings (SSSR count). The fourth-order valence-corrected chi connectivity index (χ4v) is 1.22. The van der Waals surface area contributed by atoms with Crippen LogP contribution in [0.2, 0.25) is 0 Å². The van der Waals surface area contributed by atoms with Gasteiger partial charge in [0, 0.05) is 5.56 Å². The molecular formula is C10H12N2O3S. The predicted octanol–water partition coefficient (Wildman–Crippen LogP) is -0.0971. The molecule has 3 N–H and O–H groups in total. The van der Waals surface area contributed by atoms with Crippen molar-refractivity contribution in [2.24, 2.45) is 0 Å². The van der Waals surface area contributed by atoms with Gasteiger partial charge in [-0.05, 0) is 24.4 Å². The Kier molecular flexibility index (Phi) is 4.84. The van der Waals surface area contributed by atoms with Crippen LogP contribution in [-0.2, 0) is 0 Å². The fourth-order valence-electron chi connectivity index (χ4n) is 1.01. The van der Waals surface area contributed by atoms with Crippen LogP contribution in [0.15, 0.2) is 30.3 Å². The molecule has 0 saturated carbocycles. The highest BCUT2D eigenvalue weighted by Crippen LogP contribution is 1.98. The third-order valence-electron chi connectivity index (χ3n) is 1.89. The van der Waals surface area contributed by atoms with Crippen molar-refractivity contribution in [1.82, 2.24) is 10.2 Å². The normalized spacial score (nSPS) is 9.62. The van der Waals surface area contributed by atoms with Crippen molar-refractivity contribution in [3.63, 3.8) is 0 Å². The number of benzene rings is 1. The summed E-state index contributed by atoms with van der Waals surface area (Å²) in [6, 6.07) is 8.53. The first-order valence-corrected chi connectivity index (χ1v) is 4.97. The van der Waals surface area contributed by atoms with Gasteiger partial charge in [-0.2, -0.15) is 0 Å². The van der Waals surface area contributed by atoms with Crippen molar-refractivity contribution < 1.29 is 15.0 Å². The molecule has 0 aliphatic heterocycles. The summed E-state index contributed by atoms with van der Waals surface area (Å²) in [7, 11) is 0. The molecule has 0 aliphatic rings. The Balaban J connectivity index is 2.62. The van der Waals surface area contributed by atoms with E-state index in [1.807, 2.05) is 0 Å². The molecule has 0 spiro atoms. The van der Waals surface area contributed by atoms with Gasteiger partial charge in [-0.25, -0.2) is 0 Å². The quantitative estimate of drug-likeness (QED) is 0.508. The van der Waals surface area contributed by atoms with Crippen molar-refractivity contribution in [3.8, 4) is 0 Å². The number of nitrogens with one attached hydrogen (secondary N) is 1. The van der Waals surface area contributed by atoms with Crippen LogP contribution in [0.4, 0.5) is 0 Å². The predicted molar refractivity (Wildman–Crippen MR) is 62.5 cm³/mol. The van der Waals surface area contributed by atoms with E-state index in [2.05, 4.69) is 5.32 Å². The van der Waals surface area contributed by atoms with Gasteiger partial charge >= 0.3 is 0 Å². The van der Waals surface area contributed by atoms with Crippen LogP contribution in [0.5, 0.6) is 0 Å². The van der Waals surface area contributed by atoms with E-state index in [1.54, 1.807) is 30.3 Å². The number of carbonyl (C=O) groups is 1. The third kappa shape index (κ3) is 3.27. The Morgan fingerprint density at radius 3 is 2.31 bits per heavy atom. The molecule has 86 valence electrons. The van der Waals surface area contributed by atoms with E-state index in [4.69, 9.17) is 22.4 Å². The van der Waals surface area contributed by atoms with Crippen LogP contribution in [-0.4, -0.2) is 39.6 Å². The first-order valence-electron chi connectivity index (χ1n) is 4.56. The topological polar surface area (TPSA) is 72.8 Å². The Hall–Kier alpha value is -1.50. The average molecular weight is 240 g/mol. The van der Waals surface area contributed by atoms with Crippen LogP contribution in [0, 0.1) is 0 Å². The number of amides is 1. The molecule has 0 unspecified atom stereocenters. The maximum absolute atomic E-state index is 11.6. The molecule has 0 atom stereocenters. The number of carbonyl (C=O) groups excluding carboxylic acids is 1. The van der Waals surface area contributed by atoms with Gasteiger partial charge in [0.25, 0.3) is 5.91 Å². The number of hydrogen-bond acceptors (Lipinski definition) is 4. The first kappa shape index (κ1) is 12.6. The molecule has 0 bridgehead atoms. The Labute approximate surface area is 98.3 Å². The monoisotopic (exact) mass is 240 g/mol. The largest absolute Gasteiger partial charge is 0.376 e. The molecule has 0 radical (unpaired) electrons. The van der Waals surface area contributed by atoms with Gasteiger partial charge in [0.05, 0.1) is 0 Å². The first-order chi connectivity index (χ1) is 7.69. The molecule has 16 heavy (non-hydrogen) atoms. The lowest BCUT2D eigenvalue weighted by atomic mass is 10.2. The van der Waals surface area contributed by atoms with E-state index in [0.29, 0.717) is 5.56 Å². The minimum atomic E-state index is -0.454. The minimum absolute atomic E-state index is 0.0150. The van der Waals surface area contributed by atoms with E-state index in [9.17, 15) is 4.79 Å². The summed E-state index contributed by atoms with van der Waals surface area (Å²) in [6.45, 7) is -0.908. The smallest absolute Gasteiger partial charge is 0.257 e. The van der Waals surface area contributed by atoms with E-state index in [-0.39, 0.29) is 11.0 Å². The maximum atomic E-state index is 11.6. The molecule has 0 heterocycles. The standard InChI is InChI=1S/C10H12N2O3S/c13-6-12(7-14)10(16)11-9(15)8-4-2-1-3-5-8/h1-5,13-14H,6-7H2,(H,11,15,16). The number of aliphatic hydroxyl groups excluding tert-OH is 2. The van der Waals surface area contributed by atoms with Gasteiger partial charge in [-0.15, -0.1) is 0 Å². The zero-order chi connectivity index (χ0) is 12.0. The number of hydrogen-bond donors (Lipinski definition) is 3. The molecule has 1 aromatic carbocycles. The van der Waals surface area contributed by atoms with Gasteiger partial charge in [0.2, 0.25) is 0 Å². The zero-order valence-electron chi connectivity index (χ0n) is 8.46. The van der Waals surface area contributed by atoms with Gasteiger partial charge in [-0.3, -0.25) is 10.1 Å². The lowest BCUT2D eigenvalue weighted by molar-refractivity contribution is 0.0819. The summed E-state index contributed by atoms with van der Waals surface area (Å²) < 4.78 is 0. The molecule has 5 nitrogen and oxygen atoms in total. The minimum Gasteiger partial charge on any atom is -0.376 e. The van der Waals surface area contributed by atoms with E-state index < -0.39 is 13.5 Å². The summed E-state index contributed by atoms with van der Waals surface area (Å²) in [5.41, 5.74) is 0.459. The van der Waals surface area contributed by atoms with Gasteiger partial charge < -0.3 is 15.1 Å². The maximum Gasteiger partial charge on any atom is 0.257 e. The van der Waals surface area contributed by atoms with Crippen LogP contribution in [0.3, 0.4) is 0 Å². The summed E-state index contributed by atoms with van der Waals surface area (Å²) in [5.74, 6) is -0.377. The lowest BCUT2D eigenvalue weighted by Crippen LogP contribution is -2.43. The SMILES string of the molecule is O=C(NC(=S)N(CO)CO)c1ccccc1. The zero-order valence-corrected chi connectivity index (χ0v) is 9.28. The van der Waals surface area contributed by atoms with E-state index in [0.717, 1.165) is 4.90 Å². The number of nitrogens with zero attached hydrogens (tertiary/aromatic N) is 1. The summed E-state index contributed by atoms with van der Waals surface area (Å²) in [6.07, 6.45) is 0. The second kappa shape index (κ2) is 6.16. The number of thiocarbonyl (C=S) groups is 1. The highest BCUT2D eigenvalue weighted by Gasteiger charge is 2.11. The van der Waals surface area contributed by atoms with E-state index in [1.165, 1.54) is 0 Å². The van der Waals surface area contributed by atoms with Crippen molar-refractivity contribution in [3.05, 3.63) is 35.9 Å². The molecule has 0 aliphatic carbocycles. The summed E-state index contributed by atoms with van der Waals surface area (Å²) >= 11 is 4.82. The lowest BCUT2D eigenvalue weighted by Gasteiger charge is -2.19. The van der Waals surface area contributed by atoms with Gasteiger partial charge in [0.15, 0.2) is 5.11 Å². The van der Waals surface area contributed by atoms with Gasteiger partial charge in [0.1, 0.15) is 13.5 Å². The molecular weight excluding hydrogens is 228 g/mol. The Morgan fingerprint density at radius 1 is 1.25 bits per heavy atom. The van der Waals surface area contributed by atoms with Gasteiger partial charge in [-0.1, -0.05) is 18.2 Å². The number of rotatable bonds is 3. The Bertz CT molecular complexity index is 366. The van der Waals surface area contributed by atoms with Crippen LogP contribution < -0.4 is 5.32 Å². The molecule has 6 heteroatoms. The third-order valence-corrected chi connectivity index (χ3v) is 2.25. The summed E-state index contributed by atoms with van der Waals surface area (Å²) in [5, 5.41) is 20.0. The van der Waals surface area contributed by atoms with Crippen molar-refractivity contribution in [2.75, 3.05) is 13.5 Å². The molecule has 1 amide bonds. The second-order valence-electron chi connectivity index (χ2n) is 2.95. The molecule has 1 aromatic rings. The van der Waals surface area contributed by atoms with E-state index >= 15 is 0 Å².